The maximum atomic E-state index is 5.78. The van der Waals surface area contributed by atoms with E-state index < -0.39 is 0 Å². The molecule has 0 saturated heterocycles. The number of hydrogen-bond acceptors (Lipinski definition) is 3. The molecule has 0 unspecified atom stereocenters. The van der Waals surface area contributed by atoms with E-state index in [1.54, 1.807) is 12.1 Å². The lowest BCUT2D eigenvalue weighted by molar-refractivity contribution is 0.609. The second-order valence-corrected chi connectivity index (χ2v) is 4.62. The number of nitrogens with two attached hydrogens (primary N) is 1. The highest BCUT2D eigenvalue weighted by Gasteiger charge is 2.36. The van der Waals surface area contributed by atoms with Gasteiger partial charge in [-0.05, 0) is 30.4 Å². The normalized spacial score (nSPS) is 17.9. The minimum absolute atomic E-state index is 0.441. The van der Waals surface area contributed by atoms with Crippen molar-refractivity contribution < 1.29 is 0 Å². The maximum absolute atomic E-state index is 5.78. The third-order valence-corrected chi connectivity index (χ3v) is 2.89. The summed E-state index contributed by atoms with van der Waals surface area (Å²) >= 11 is 5.78. The van der Waals surface area contributed by atoms with Crippen molar-refractivity contribution in [1.29, 1.82) is 0 Å². The van der Waals surface area contributed by atoms with E-state index in [1.807, 2.05) is 0 Å². The van der Waals surface area contributed by atoms with Crippen molar-refractivity contribution in [3.05, 3.63) is 17.3 Å². The minimum Gasteiger partial charge on any atom is -0.396 e. The first kappa shape index (κ1) is 9.59. The van der Waals surface area contributed by atoms with Crippen LogP contribution in [0.1, 0.15) is 19.8 Å². The van der Waals surface area contributed by atoms with E-state index in [0.717, 1.165) is 6.54 Å². The van der Waals surface area contributed by atoms with E-state index in [9.17, 15) is 0 Å². The van der Waals surface area contributed by atoms with E-state index in [1.165, 1.54) is 12.8 Å². The molecule has 1 aromatic heterocycles. The summed E-state index contributed by atoms with van der Waals surface area (Å²) in [6, 6.07) is 3.47. The van der Waals surface area contributed by atoms with Gasteiger partial charge in [-0.15, -0.1) is 0 Å². The molecule has 0 atom stereocenters. The number of nitrogen functional groups attached to an aromatic ring is 1. The Morgan fingerprint density at radius 3 is 2.93 bits per heavy atom. The zero-order chi connectivity index (χ0) is 10.2. The maximum Gasteiger partial charge on any atom is 0.150 e. The summed E-state index contributed by atoms with van der Waals surface area (Å²) in [7, 11) is 0. The van der Waals surface area contributed by atoms with Gasteiger partial charge >= 0.3 is 0 Å². The number of nitrogens with one attached hydrogen (secondary N) is 1. The monoisotopic (exact) mass is 211 g/mol. The molecule has 4 heteroatoms. The smallest absolute Gasteiger partial charge is 0.150 e. The molecule has 0 spiro atoms. The summed E-state index contributed by atoms with van der Waals surface area (Å²) in [5, 5.41) is 3.71. The minimum atomic E-state index is 0.441. The van der Waals surface area contributed by atoms with E-state index >= 15 is 0 Å². The van der Waals surface area contributed by atoms with Gasteiger partial charge < -0.3 is 11.1 Å². The van der Waals surface area contributed by atoms with Gasteiger partial charge in [-0.1, -0.05) is 18.5 Å². The van der Waals surface area contributed by atoms with Crippen molar-refractivity contribution in [1.82, 2.24) is 4.98 Å². The molecule has 0 bridgehead atoms. The van der Waals surface area contributed by atoms with Crippen LogP contribution in [0.25, 0.3) is 0 Å². The zero-order valence-corrected chi connectivity index (χ0v) is 8.93. The average molecular weight is 212 g/mol. The molecule has 1 heterocycles. The van der Waals surface area contributed by atoms with E-state index in [2.05, 4.69) is 17.2 Å². The van der Waals surface area contributed by atoms with Gasteiger partial charge in [0, 0.05) is 6.54 Å². The Bertz CT molecular complexity index is 347. The number of rotatable bonds is 3. The van der Waals surface area contributed by atoms with Crippen molar-refractivity contribution in [3.63, 3.8) is 0 Å². The summed E-state index contributed by atoms with van der Waals surface area (Å²) in [4.78, 5) is 4.13. The average Bonchev–Trinajstić information content (AvgIpc) is 2.87. The van der Waals surface area contributed by atoms with Crippen molar-refractivity contribution in [2.75, 3.05) is 17.6 Å². The first-order valence-electron chi connectivity index (χ1n) is 4.75. The van der Waals surface area contributed by atoms with Crippen molar-refractivity contribution in [2.45, 2.75) is 19.8 Å². The van der Waals surface area contributed by atoms with E-state index in [4.69, 9.17) is 17.3 Å². The van der Waals surface area contributed by atoms with Crippen LogP contribution in [0.2, 0.25) is 5.15 Å². The fraction of sp³-hybridized carbons (Fsp3) is 0.500. The molecule has 76 valence electrons. The molecular weight excluding hydrogens is 198 g/mol. The molecule has 0 amide bonds. The van der Waals surface area contributed by atoms with Gasteiger partial charge in [-0.2, -0.15) is 0 Å². The third-order valence-electron chi connectivity index (χ3n) is 2.68. The molecule has 1 fully saturated rings. The van der Waals surface area contributed by atoms with Crippen LogP contribution in [0, 0.1) is 5.41 Å². The zero-order valence-electron chi connectivity index (χ0n) is 8.18. The van der Waals surface area contributed by atoms with Crippen LogP contribution >= 0.6 is 11.6 Å². The number of anilines is 2. The highest BCUT2D eigenvalue weighted by atomic mass is 35.5. The van der Waals surface area contributed by atoms with Gasteiger partial charge in [0.15, 0.2) is 5.82 Å². The molecule has 0 aliphatic heterocycles. The number of nitrogens with zero attached hydrogens (tertiary/aromatic N) is 1. The van der Waals surface area contributed by atoms with Gasteiger partial charge in [0.2, 0.25) is 0 Å². The summed E-state index contributed by atoms with van der Waals surface area (Å²) in [5.74, 6) is 0.700. The Morgan fingerprint density at radius 1 is 1.57 bits per heavy atom. The van der Waals surface area contributed by atoms with Crippen LogP contribution in [-0.2, 0) is 0 Å². The van der Waals surface area contributed by atoms with Gasteiger partial charge in [0.05, 0.1) is 5.69 Å². The molecule has 1 aliphatic carbocycles. The van der Waals surface area contributed by atoms with Gasteiger partial charge in [0.25, 0.3) is 0 Å². The van der Waals surface area contributed by atoms with Crippen LogP contribution < -0.4 is 11.1 Å². The third kappa shape index (κ3) is 2.10. The lowest BCUT2D eigenvalue weighted by Crippen LogP contribution is -2.13. The van der Waals surface area contributed by atoms with Crippen molar-refractivity contribution >= 4 is 23.1 Å². The lowest BCUT2D eigenvalue weighted by Gasteiger charge is -2.12. The molecule has 1 aliphatic rings. The number of halogens is 1. The molecule has 2 rings (SSSR count). The largest absolute Gasteiger partial charge is 0.396 e. The first-order valence-corrected chi connectivity index (χ1v) is 5.13. The van der Waals surface area contributed by atoms with E-state index in [-0.39, 0.29) is 0 Å². The van der Waals surface area contributed by atoms with Gasteiger partial charge in [-0.3, -0.25) is 0 Å². The molecule has 3 nitrogen and oxygen atoms in total. The van der Waals surface area contributed by atoms with Gasteiger partial charge in [-0.25, -0.2) is 4.98 Å². The molecule has 1 aromatic rings. The molecule has 3 N–H and O–H groups in total. The van der Waals surface area contributed by atoms with Crippen molar-refractivity contribution in [2.24, 2.45) is 5.41 Å². The standard InChI is InChI=1S/C10H14ClN3/c1-10(4-5-10)6-13-9-7(12)2-3-8(11)14-9/h2-3H,4-6,12H2,1H3,(H,13,14). The Labute approximate surface area is 88.7 Å². The molecule has 0 aromatic carbocycles. The molecule has 0 radical (unpaired) electrons. The van der Waals surface area contributed by atoms with Crippen LogP contribution in [0.4, 0.5) is 11.5 Å². The predicted octanol–water partition coefficient (Wildman–Crippen LogP) is 2.53. The quantitative estimate of drug-likeness (QED) is 0.756. The second-order valence-electron chi connectivity index (χ2n) is 4.24. The topological polar surface area (TPSA) is 50.9 Å². The number of pyridine rings is 1. The molecule has 14 heavy (non-hydrogen) atoms. The fourth-order valence-electron chi connectivity index (χ4n) is 1.27. The highest BCUT2D eigenvalue weighted by molar-refractivity contribution is 6.29. The lowest BCUT2D eigenvalue weighted by atomic mass is 10.1. The van der Waals surface area contributed by atoms with E-state index in [0.29, 0.717) is 22.1 Å². The Morgan fingerprint density at radius 2 is 2.29 bits per heavy atom. The Balaban J connectivity index is 2.04. The summed E-state index contributed by atoms with van der Waals surface area (Å²) < 4.78 is 0. The molecular formula is C10H14ClN3. The molecule has 1 saturated carbocycles. The van der Waals surface area contributed by atoms with Crippen molar-refractivity contribution in [3.8, 4) is 0 Å². The summed E-state index contributed by atoms with van der Waals surface area (Å²) in [6.45, 7) is 3.17. The second kappa shape index (κ2) is 3.31. The Hall–Kier alpha value is -0.960. The highest BCUT2D eigenvalue weighted by Crippen LogP contribution is 2.44. The number of hydrogen-bond donors (Lipinski definition) is 2. The van der Waals surface area contributed by atoms with Crippen LogP contribution in [0.3, 0.4) is 0 Å². The predicted molar refractivity (Wildman–Crippen MR) is 59.5 cm³/mol. The van der Waals surface area contributed by atoms with Crippen LogP contribution in [-0.4, -0.2) is 11.5 Å². The summed E-state index contributed by atoms with van der Waals surface area (Å²) in [6.07, 6.45) is 2.56. The Kier molecular flexibility index (Phi) is 2.27. The first-order chi connectivity index (χ1) is 6.59. The van der Waals surface area contributed by atoms with Crippen LogP contribution in [0.15, 0.2) is 12.1 Å². The number of aromatic nitrogens is 1. The fourth-order valence-corrected chi connectivity index (χ4v) is 1.42. The van der Waals surface area contributed by atoms with Crippen LogP contribution in [0.5, 0.6) is 0 Å². The summed E-state index contributed by atoms with van der Waals surface area (Å²) in [5.41, 5.74) is 6.85. The van der Waals surface area contributed by atoms with Gasteiger partial charge in [0.1, 0.15) is 5.15 Å². The SMILES string of the molecule is CC1(CNc2nc(Cl)ccc2N)CC1.